The fourth-order valence-corrected chi connectivity index (χ4v) is 6.36. The van der Waals surface area contributed by atoms with Gasteiger partial charge in [0.1, 0.15) is 12.1 Å². The van der Waals surface area contributed by atoms with Crippen molar-refractivity contribution in [3.05, 3.63) is 34.9 Å². The minimum absolute atomic E-state index is 0.0556. The third-order valence-corrected chi connectivity index (χ3v) is 9.44. The molecule has 0 aromatic heterocycles. The average Bonchev–Trinajstić information content (AvgIpc) is 3.54. The lowest BCUT2D eigenvalue weighted by Gasteiger charge is -2.37. The number of likely N-dealkylation sites (tertiary alicyclic amines) is 1. The zero-order chi connectivity index (χ0) is 31.8. The Morgan fingerprint density at radius 2 is 1.82 bits per heavy atom. The highest BCUT2D eigenvalue weighted by Crippen LogP contribution is 2.41. The van der Waals surface area contributed by atoms with Crippen LogP contribution in [0, 0.1) is 17.3 Å². The zero-order valence-corrected chi connectivity index (χ0v) is 26.5. The average molecular weight is 628 g/mol. The normalized spacial score (nSPS) is 24.5. The van der Waals surface area contributed by atoms with Gasteiger partial charge in [-0.3, -0.25) is 24.0 Å². The lowest BCUT2D eigenvalue weighted by Crippen LogP contribution is -2.59. The molecule has 44 heavy (non-hydrogen) atoms. The van der Waals surface area contributed by atoms with E-state index in [2.05, 4.69) is 21.1 Å². The first-order valence-electron chi connectivity index (χ1n) is 15.5. The quantitative estimate of drug-likeness (QED) is 0.340. The van der Waals surface area contributed by atoms with E-state index in [1.165, 1.54) is 11.9 Å². The van der Waals surface area contributed by atoms with Gasteiger partial charge in [0.2, 0.25) is 23.5 Å². The van der Waals surface area contributed by atoms with Crippen LogP contribution < -0.4 is 16.0 Å². The lowest BCUT2D eigenvalue weighted by molar-refractivity contribution is -0.146. The number of carbonyl (C=O) groups is 5. The maximum atomic E-state index is 14.4. The summed E-state index contributed by atoms with van der Waals surface area (Å²) in [5, 5.41) is 13.0. The second kappa shape index (κ2) is 12.5. The van der Waals surface area contributed by atoms with Gasteiger partial charge in [0.25, 0.3) is 5.91 Å². The summed E-state index contributed by atoms with van der Waals surface area (Å²) >= 11 is 6.21. The van der Waals surface area contributed by atoms with E-state index in [0.29, 0.717) is 23.6 Å². The molecule has 238 valence electrons. The van der Waals surface area contributed by atoms with Gasteiger partial charge in [-0.05, 0) is 42.7 Å². The van der Waals surface area contributed by atoms with Gasteiger partial charge in [0, 0.05) is 36.4 Å². The number of likely N-dealkylation sites (N-methyl/N-ethyl adjacent to an activating group) is 1. The number of halogens is 1. The minimum Gasteiger partial charge on any atom is -0.387 e. The first-order valence-corrected chi connectivity index (χ1v) is 15.9. The van der Waals surface area contributed by atoms with Crippen LogP contribution in [-0.2, 0) is 28.8 Å². The molecule has 1 saturated heterocycles. The van der Waals surface area contributed by atoms with Crippen molar-refractivity contribution in [3.8, 4) is 0 Å². The van der Waals surface area contributed by atoms with Gasteiger partial charge in [0.05, 0.1) is 18.3 Å². The topological polar surface area (TPSA) is 146 Å². The van der Waals surface area contributed by atoms with Crippen molar-refractivity contribution in [2.45, 2.75) is 95.9 Å². The number of rotatable bonds is 10. The standard InChI is InChI=1S/C32H42ClN5O6/c1-31(2,3)26(36-27(40)19-7-5-8-19)30(43)38-17-32(15-23(37-44-32)20-9-6-10-21(33)14-20)16-24(38)28(41)35-22(13-18-11-12-18)25(39)29(42)34-4/h6,9-10,14,18-19,22,24,26H,5,7-8,11-13,15-17H2,1-4H3,(H,34,42)(H,35,41)(H,36,40)/t22-,24?,26+,32+/m0/s1. The Morgan fingerprint density at radius 1 is 1.09 bits per heavy atom. The SMILES string of the molecule is CNC(=O)C(=O)[C@H](CC1CC1)NC(=O)C1C[C@]2(CC(c3cccc(Cl)c3)=NO2)CN1C(=O)[C@@H](NC(=O)C1CCC1)C(C)(C)C. The number of ketones is 1. The molecule has 3 fully saturated rings. The number of hydrogen-bond acceptors (Lipinski definition) is 7. The number of oxime groups is 1. The van der Waals surface area contributed by atoms with Gasteiger partial charge in [-0.15, -0.1) is 0 Å². The van der Waals surface area contributed by atoms with Crippen molar-refractivity contribution in [2.24, 2.45) is 22.4 Å². The van der Waals surface area contributed by atoms with Crippen LogP contribution in [0.25, 0.3) is 0 Å². The summed E-state index contributed by atoms with van der Waals surface area (Å²) in [6, 6.07) is 4.30. The van der Waals surface area contributed by atoms with Crippen LogP contribution in [-0.4, -0.2) is 77.3 Å². The molecule has 2 aliphatic heterocycles. The van der Waals surface area contributed by atoms with Gasteiger partial charge in [-0.1, -0.05) is 68.9 Å². The van der Waals surface area contributed by atoms with Crippen LogP contribution in [0.5, 0.6) is 0 Å². The molecule has 2 heterocycles. The molecule has 4 atom stereocenters. The Morgan fingerprint density at radius 3 is 2.41 bits per heavy atom. The van der Waals surface area contributed by atoms with Crippen LogP contribution in [0.1, 0.15) is 77.7 Å². The summed E-state index contributed by atoms with van der Waals surface area (Å²) in [6.45, 7) is 5.67. The number of carbonyl (C=O) groups excluding carboxylic acids is 5. The van der Waals surface area contributed by atoms with E-state index in [-0.39, 0.29) is 30.7 Å². The molecule has 4 amide bonds. The molecule has 5 rings (SSSR count). The minimum atomic E-state index is -1.01. The molecule has 3 N–H and O–H groups in total. The molecule has 1 aromatic carbocycles. The number of amides is 4. The maximum Gasteiger partial charge on any atom is 0.289 e. The van der Waals surface area contributed by atoms with E-state index in [1.54, 1.807) is 12.1 Å². The summed E-state index contributed by atoms with van der Waals surface area (Å²) in [5.74, 6) is -2.49. The van der Waals surface area contributed by atoms with Crippen LogP contribution in [0.2, 0.25) is 5.02 Å². The van der Waals surface area contributed by atoms with Crippen molar-refractivity contribution in [2.75, 3.05) is 13.6 Å². The Bertz CT molecular complexity index is 1370. The smallest absolute Gasteiger partial charge is 0.289 e. The van der Waals surface area contributed by atoms with Gasteiger partial charge in [-0.2, -0.15) is 0 Å². The van der Waals surface area contributed by atoms with Gasteiger partial charge in [-0.25, -0.2) is 0 Å². The van der Waals surface area contributed by atoms with Gasteiger partial charge in [0.15, 0.2) is 5.60 Å². The Labute approximate surface area is 262 Å². The van der Waals surface area contributed by atoms with E-state index in [9.17, 15) is 24.0 Å². The highest BCUT2D eigenvalue weighted by atomic mass is 35.5. The molecule has 0 radical (unpaired) electrons. The van der Waals surface area contributed by atoms with Crippen molar-refractivity contribution < 1.29 is 28.8 Å². The summed E-state index contributed by atoms with van der Waals surface area (Å²) in [5.41, 5.74) is -0.225. The van der Waals surface area contributed by atoms with E-state index < -0.39 is 52.6 Å². The zero-order valence-electron chi connectivity index (χ0n) is 25.8. The van der Waals surface area contributed by atoms with Gasteiger partial charge < -0.3 is 25.7 Å². The third kappa shape index (κ3) is 6.92. The monoisotopic (exact) mass is 627 g/mol. The van der Waals surface area contributed by atoms with Crippen molar-refractivity contribution in [1.29, 1.82) is 0 Å². The molecular formula is C32H42ClN5O6. The number of nitrogens with zero attached hydrogens (tertiary/aromatic N) is 2. The second-order valence-electron chi connectivity index (χ2n) is 13.8. The third-order valence-electron chi connectivity index (χ3n) is 9.21. The fourth-order valence-electron chi connectivity index (χ4n) is 6.16. The summed E-state index contributed by atoms with van der Waals surface area (Å²) in [4.78, 5) is 74.0. The summed E-state index contributed by atoms with van der Waals surface area (Å²) in [7, 11) is 1.37. The van der Waals surface area contributed by atoms with E-state index in [4.69, 9.17) is 16.4 Å². The molecule has 2 saturated carbocycles. The highest BCUT2D eigenvalue weighted by Gasteiger charge is 2.56. The number of benzene rings is 1. The molecule has 11 nitrogen and oxygen atoms in total. The lowest BCUT2D eigenvalue weighted by atomic mass is 9.82. The van der Waals surface area contributed by atoms with Crippen LogP contribution in [0.15, 0.2) is 29.4 Å². The molecular weight excluding hydrogens is 586 g/mol. The molecule has 2 aliphatic carbocycles. The molecule has 4 aliphatic rings. The molecule has 0 bridgehead atoms. The van der Waals surface area contributed by atoms with E-state index in [1.807, 2.05) is 32.9 Å². The van der Waals surface area contributed by atoms with Crippen LogP contribution in [0.3, 0.4) is 0 Å². The first kappa shape index (κ1) is 31.9. The van der Waals surface area contributed by atoms with Crippen molar-refractivity contribution >= 4 is 46.7 Å². The molecule has 1 unspecified atom stereocenters. The first-order chi connectivity index (χ1) is 20.8. The summed E-state index contributed by atoms with van der Waals surface area (Å²) < 4.78 is 0. The number of nitrogens with one attached hydrogen (secondary N) is 3. The molecule has 1 spiro atoms. The Hall–Kier alpha value is -3.47. The highest BCUT2D eigenvalue weighted by molar-refractivity contribution is 6.38. The Balaban J connectivity index is 1.42. The van der Waals surface area contributed by atoms with Crippen molar-refractivity contribution in [1.82, 2.24) is 20.9 Å². The fraction of sp³-hybridized carbons (Fsp3) is 0.625. The maximum absolute atomic E-state index is 14.4. The molecule has 12 heteroatoms. The molecule has 1 aromatic rings. The van der Waals surface area contributed by atoms with Gasteiger partial charge >= 0.3 is 0 Å². The summed E-state index contributed by atoms with van der Waals surface area (Å²) in [6.07, 6.45) is 5.21. The van der Waals surface area contributed by atoms with Crippen LogP contribution >= 0.6 is 11.6 Å². The Kier molecular flexibility index (Phi) is 9.07. The van der Waals surface area contributed by atoms with E-state index in [0.717, 1.165) is 37.7 Å². The largest absolute Gasteiger partial charge is 0.387 e. The van der Waals surface area contributed by atoms with Crippen LogP contribution in [0.4, 0.5) is 0 Å². The number of hydrogen-bond donors (Lipinski definition) is 3. The number of Topliss-reactive ketones (excluding diaryl/α,β-unsaturated/α-hetero) is 1. The van der Waals surface area contributed by atoms with E-state index >= 15 is 0 Å². The second-order valence-corrected chi connectivity index (χ2v) is 14.2. The van der Waals surface area contributed by atoms with Crippen molar-refractivity contribution in [3.63, 3.8) is 0 Å². The predicted octanol–water partition coefficient (Wildman–Crippen LogP) is 2.74. The predicted molar refractivity (Wildman–Crippen MR) is 164 cm³/mol.